The van der Waals surface area contributed by atoms with Gasteiger partial charge in [-0.05, 0) is 116 Å². The number of hydrogen-bond acceptors (Lipinski definition) is 2. The zero-order valence-corrected chi connectivity index (χ0v) is 37.2. The van der Waals surface area contributed by atoms with E-state index in [0.29, 0.717) is 0 Å². The highest BCUT2D eigenvalue weighted by molar-refractivity contribution is 5.97. The van der Waals surface area contributed by atoms with Crippen molar-refractivity contribution in [3.63, 3.8) is 0 Å². The van der Waals surface area contributed by atoms with Gasteiger partial charge < -0.3 is 0 Å². The van der Waals surface area contributed by atoms with Gasteiger partial charge in [0.1, 0.15) is 0 Å². The van der Waals surface area contributed by atoms with Crippen LogP contribution < -0.4 is 0 Å². The summed E-state index contributed by atoms with van der Waals surface area (Å²) in [6, 6.07) is 76.4. The van der Waals surface area contributed by atoms with Crippen LogP contribution in [0.2, 0.25) is 0 Å². The second kappa shape index (κ2) is 15.0. The Labute approximate surface area is 382 Å². The summed E-state index contributed by atoms with van der Waals surface area (Å²) in [7, 11) is 0. The number of aryl methyl sites for hydroxylation is 2. The van der Waals surface area contributed by atoms with Crippen LogP contribution in [-0.2, 0) is 17.3 Å². The molecular weight excluding hydrogens is 785 g/mol. The van der Waals surface area contributed by atoms with Crippen molar-refractivity contribution in [1.29, 1.82) is 0 Å². The molecule has 0 saturated carbocycles. The van der Waals surface area contributed by atoms with Gasteiger partial charge in [0.15, 0.2) is 5.82 Å². The van der Waals surface area contributed by atoms with E-state index in [1.54, 1.807) is 0 Å². The Morgan fingerprint density at radius 1 is 0.385 bits per heavy atom. The van der Waals surface area contributed by atoms with Crippen LogP contribution in [0.15, 0.2) is 206 Å². The van der Waals surface area contributed by atoms with Crippen LogP contribution in [0.25, 0.3) is 66.9 Å². The summed E-state index contributed by atoms with van der Waals surface area (Å²) in [6.07, 6.45) is 0.848. The lowest BCUT2D eigenvalue weighted by atomic mass is 9.67. The van der Waals surface area contributed by atoms with E-state index in [1.807, 2.05) is 0 Å². The standard InChI is InChI=1S/C63H48N2/c1-40-22-26-45(27-23-40)61-64-59-33-29-47(39-54(59)60(65-61)44-15-7-5-8-16-44)46-28-32-55-53(38-46)52-31-25-43(37-57(52)62(55,3)4)35-42-14-13-19-49(36-42)63(48-17-9-6-10-18-48)56-21-12-11-20-50(56)51-30-24-41(2)34-58(51)63/h5-34,36-39H,35H2,1-4H3. The summed E-state index contributed by atoms with van der Waals surface area (Å²) < 4.78 is 0. The van der Waals surface area contributed by atoms with Gasteiger partial charge in [-0.2, -0.15) is 0 Å². The molecule has 0 amide bonds. The largest absolute Gasteiger partial charge is 0.228 e. The Morgan fingerprint density at radius 3 is 1.86 bits per heavy atom. The molecule has 0 radical (unpaired) electrons. The summed E-state index contributed by atoms with van der Waals surface area (Å²) >= 11 is 0. The third-order valence-electron chi connectivity index (χ3n) is 14.3. The summed E-state index contributed by atoms with van der Waals surface area (Å²) in [5, 5.41) is 1.05. The van der Waals surface area contributed by atoms with E-state index < -0.39 is 5.41 Å². The quantitative estimate of drug-likeness (QED) is 0.160. The van der Waals surface area contributed by atoms with Crippen LogP contribution in [0, 0.1) is 13.8 Å². The first-order valence-electron chi connectivity index (χ1n) is 22.8. The van der Waals surface area contributed by atoms with Gasteiger partial charge in [-0.25, -0.2) is 9.97 Å². The molecule has 0 fully saturated rings. The van der Waals surface area contributed by atoms with Crippen molar-refractivity contribution in [1.82, 2.24) is 9.97 Å². The molecule has 2 aliphatic carbocycles. The van der Waals surface area contributed by atoms with E-state index in [-0.39, 0.29) is 5.41 Å². The molecule has 12 rings (SSSR count). The van der Waals surface area contributed by atoms with E-state index >= 15 is 0 Å². The molecule has 0 N–H and O–H groups in total. The lowest BCUT2D eigenvalue weighted by Crippen LogP contribution is -2.28. The molecule has 1 aromatic heterocycles. The molecule has 1 heterocycles. The molecule has 0 saturated heterocycles. The Balaban J connectivity index is 0.910. The summed E-state index contributed by atoms with van der Waals surface area (Å²) in [5.74, 6) is 0.740. The van der Waals surface area contributed by atoms with E-state index in [9.17, 15) is 0 Å². The van der Waals surface area contributed by atoms with Gasteiger partial charge in [0, 0.05) is 21.9 Å². The van der Waals surface area contributed by atoms with E-state index in [1.165, 1.54) is 83.5 Å². The van der Waals surface area contributed by atoms with Crippen molar-refractivity contribution < 1.29 is 0 Å². The van der Waals surface area contributed by atoms with Crippen LogP contribution in [0.5, 0.6) is 0 Å². The fourth-order valence-corrected chi connectivity index (χ4v) is 11.1. The van der Waals surface area contributed by atoms with Crippen LogP contribution in [0.4, 0.5) is 0 Å². The minimum absolute atomic E-state index is 0.141. The fourth-order valence-electron chi connectivity index (χ4n) is 11.1. The Bertz CT molecular complexity index is 3490. The van der Waals surface area contributed by atoms with Crippen molar-refractivity contribution in [3.8, 4) is 56.0 Å². The van der Waals surface area contributed by atoms with Crippen LogP contribution in [0.1, 0.15) is 69.5 Å². The minimum atomic E-state index is -0.417. The summed E-state index contributed by atoms with van der Waals surface area (Å²) in [4.78, 5) is 10.3. The SMILES string of the molecule is Cc1ccc(-c2nc(-c3ccccc3)c3cc(-c4ccc5c(c4)-c4ccc(Cc6cccc(C7(c8ccccc8)c8ccccc8-c8ccc(C)cc87)c6)cc4C5(C)C)ccc3n2)cc1. The maximum absolute atomic E-state index is 5.20. The minimum Gasteiger partial charge on any atom is -0.228 e. The molecule has 310 valence electrons. The summed E-state index contributed by atoms with van der Waals surface area (Å²) in [5.41, 5.74) is 24.2. The molecule has 0 spiro atoms. The van der Waals surface area contributed by atoms with Crippen molar-refractivity contribution in [2.24, 2.45) is 0 Å². The first-order valence-corrected chi connectivity index (χ1v) is 22.8. The van der Waals surface area contributed by atoms with Crippen LogP contribution >= 0.6 is 0 Å². The lowest BCUT2D eigenvalue weighted by molar-refractivity contribution is 0.659. The molecule has 65 heavy (non-hydrogen) atoms. The topological polar surface area (TPSA) is 25.8 Å². The molecule has 2 aliphatic rings. The highest BCUT2D eigenvalue weighted by Gasteiger charge is 2.46. The van der Waals surface area contributed by atoms with Gasteiger partial charge in [-0.1, -0.05) is 213 Å². The van der Waals surface area contributed by atoms with Gasteiger partial charge in [-0.15, -0.1) is 0 Å². The number of benzene rings is 9. The lowest BCUT2D eigenvalue weighted by Gasteiger charge is -2.34. The number of rotatable bonds is 7. The van der Waals surface area contributed by atoms with E-state index in [2.05, 4.69) is 234 Å². The molecule has 1 atom stereocenters. The van der Waals surface area contributed by atoms with Gasteiger partial charge in [-0.3, -0.25) is 0 Å². The van der Waals surface area contributed by atoms with E-state index in [4.69, 9.17) is 9.97 Å². The highest BCUT2D eigenvalue weighted by atomic mass is 14.9. The van der Waals surface area contributed by atoms with Gasteiger partial charge in [0.2, 0.25) is 0 Å². The fraction of sp³-hybridized carbons (Fsp3) is 0.111. The molecule has 2 nitrogen and oxygen atoms in total. The monoisotopic (exact) mass is 832 g/mol. The second-order valence-corrected chi connectivity index (χ2v) is 18.7. The average molecular weight is 833 g/mol. The Hall–Kier alpha value is -7.68. The Morgan fingerprint density at radius 2 is 1.03 bits per heavy atom. The zero-order chi connectivity index (χ0) is 43.9. The molecule has 10 aromatic rings. The smallest absolute Gasteiger partial charge is 0.160 e. The van der Waals surface area contributed by atoms with Gasteiger partial charge >= 0.3 is 0 Å². The predicted molar refractivity (Wildman–Crippen MR) is 269 cm³/mol. The molecule has 2 heteroatoms. The normalized spacial score (nSPS) is 15.3. The van der Waals surface area contributed by atoms with Crippen LogP contribution in [0.3, 0.4) is 0 Å². The first kappa shape index (κ1) is 39.0. The van der Waals surface area contributed by atoms with Crippen molar-refractivity contribution in [2.45, 2.75) is 44.9 Å². The first-order chi connectivity index (χ1) is 31.8. The van der Waals surface area contributed by atoms with Gasteiger partial charge in [0.05, 0.1) is 16.6 Å². The van der Waals surface area contributed by atoms with Crippen molar-refractivity contribution >= 4 is 10.9 Å². The number of aromatic nitrogens is 2. The van der Waals surface area contributed by atoms with Crippen LogP contribution in [-0.4, -0.2) is 9.97 Å². The number of fused-ring (bicyclic) bond motifs is 7. The van der Waals surface area contributed by atoms with Crippen molar-refractivity contribution in [2.75, 3.05) is 0 Å². The zero-order valence-electron chi connectivity index (χ0n) is 37.2. The number of nitrogens with zero attached hydrogens (tertiary/aromatic N) is 2. The molecule has 9 aromatic carbocycles. The summed E-state index contributed by atoms with van der Waals surface area (Å²) in [6.45, 7) is 9.09. The predicted octanol–water partition coefficient (Wildman–Crippen LogP) is 15.5. The highest BCUT2D eigenvalue weighted by Crippen LogP contribution is 2.56. The maximum Gasteiger partial charge on any atom is 0.160 e. The molecular formula is C63H48N2. The van der Waals surface area contributed by atoms with Crippen molar-refractivity contribution in [3.05, 3.63) is 262 Å². The maximum atomic E-state index is 5.20. The third kappa shape index (κ3) is 6.23. The number of hydrogen-bond donors (Lipinski definition) is 0. The van der Waals surface area contributed by atoms with E-state index in [0.717, 1.165) is 45.5 Å². The average Bonchev–Trinajstić information content (AvgIpc) is 3.76. The molecule has 1 unspecified atom stereocenters. The second-order valence-electron chi connectivity index (χ2n) is 18.7. The molecule has 0 bridgehead atoms. The third-order valence-corrected chi connectivity index (χ3v) is 14.3. The Kier molecular flexibility index (Phi) is 8.97. The molecule has 0 aliphatic heterocycles. The van der Waals surface area contributed by atoms with Gasteiger partial charge in [0.25, 0.3) is 0 Å².